The van der Waals surface area contributed by atoms with Crippen molar-refractivity contribution in [2.24, 2.45) is 5.73 Å². The zero-order chi connectivity index (χ0) is 20.4. The van der Waals surface area contributed by atoms with Crippen LogP contribution in [-0.2, 0) is 0 Å². The Labute approximate surface area is 170 Å². The molecule has 0 bridgehead atoms. The van der Waals surface area contributed by atoms with E-state index in [1.54, 1.807) is 0 Å². The molecule has 1 aromatic heterocycles. The number of nitrogen functional groups attached to an aromatic ring is 1. The van der Waals surface area contributed by atoms with Crippen LogP contribution in [0.15, 0.2) is 78.9 Å². The number of hydrogen-bond donors (Lipinski definition) is 2. The van der Waals surface area contributed by atoms with E-state index in [9.17, 15) is 0 Å². The van der Waals surface area contributed by atoms with Gasteiger partial charge in [0.1, 0.15) is 5.84 Å². The van der Waals surface area contributed by atoms with Crippen LogP contribution in [0, 0.1) is 19.3 Å². The van der Waals surface area contributed by atoms with Crippen LogP contribution in [-0.4, -0.2) is 15.8 Å². The maximum atomic E-state index is 7.90. The summed E-state index contributed by atoms with van der Waals surface area (Å²) in [5.41, 5.74) is 13.6. The largest absolute Gasteiger partial charge is 0.384 e. The molecular formula is C25H22N4. The van der Waals surface area contributed by atoms with E-state index in [0.717, 1.165) is 45.0 Å². The highest BCUT2D eigenvalue weighted by Gasteiger charge is 2.09. The van der Waals surface area contributed by atoms with Crippen LogP contribution in [0.5, 0.6) is 0 Å². The first-order valence-electron chi connectivity index (χ1n) is 9.47. The van der Waals surface area contributed by atoms with Crippen LogP contribution in [0.4, 0.5) is 0 Å². The molecule has 0 saturated heterocycles. The highest BCUT2D eigenvalue weighted by Crippen LogP contribution is 2.29. The minimum absolute atomic E-state index is 0.0595. The van der Waals surface area contributed by atoms with Crippen LogP contribution >= 0.6 is 0 Å². The van der Waals surface area contributed by atoms with Crippen LogP contribution < -0.4 is 5.73 Å². The molecule has 0 saturated carbocycles. The van der Waals surface area contributed by atoms with Gasteiger partial charge in [0.15, 0.2) is 5.82 Å². The molecule has 4 heteroatoms. The smallest absolute Gasteiger partial charge is 0.159 e. The summed E-state index contributed by atoms with van der Waals surface area (Å²) < 4.78 is 0. The lowest BCUT2D eigenvalue weighted by atomic mass is 9.95. The van der Waals surface area contributed by atoms with E-state index in [1.165, 1.54) is 0 Å². The van der Waals surface area contributed by atoms with Gasteiger partial charge in [0, 0.05) is 22.5 Å². The van der Waals surface area contributed by atoms with Crippen molar-refractivity contribution in [3.63, 3.8) is 0 Å². The molecule has 3 N–H and O–H groups in total. The van der Waals surface area contributed by atoms with E-state index >= 15 is 0 Å². The van der Waals surface area contributed by atoms with Crippen molar-refractivity contribution in [1.29, 1.82) is 5.41 Å². The maximum Gasteiger partial charge on any atom is 0.159 e. The van der Waals surface area contributed by atoms with Crippen molar-refractivity contribution in [3.8, 4) is 33.6 Å². The molecule has 0 spiro atoms. The molecule has 0 aliphatic heterocycles. The third kappa shape index (κ3) is 4.06. The second-order valence-electron chi connectivity index (χ2n) is 7.13. The van der Waals surface area contributed by atoms with Gasteiger partial charge in [-0.05, 0) is 60.4 Å². The van der Waals surface area contributed by atoms with Gasteiger partial charge < -0.3 is 5.73 Å². The first-order valence-corrected chi connectivity index (χ1v) is 9.47. The molecule has 3 aromatic carbocycles. The van der Waals surface area contributed by atoms with E-state index in [2.05, 4.69) is 40.3 Å². The van der Waals surface area contributed by atoms with Crippen LogP contribution in [0.1, 0.15) is 17.0 Å². The third-order valence-corrected chi connectivity index (χ3v) is 4.81. The van der Waals surface area contributed by atoms with Gasteiger partial charge in [-0.2, -0.15) is 0 Å². The van der Waals surface area contributed by atoms with Gasteiger partial charge in [0.05, 0.1) is 0 Å². The Kier molecular flexibility index (Phi) is 4.92. The van der Waals surface area contributed by atoms with Gasteiger partial charge in [-0.15, -0.1) is 0 Å². The fourth-order valence-corrected chi connectivity index (χ4v) is 3.41. The molecule has 0 unspecified atom stereocenters. The summed E-state index contributed by atoms with van der Waals surface area (Å²) in [6.45, 7) is 3.95. The Bertz CT molecular complexity index is 1160. The van der Waals surface area contributed by atoms with Crippen molar-refractivity contribution in [2.75, 3.05) is 0 Å². The number of nitrogens with one attached hydrogen (secondary N) is 1. The number of aryl methyl sites for hydroxylation is 2. The average Bonchev–Trinajstić information content (AvgIpc) is 2.73. The van der Waals surface area contributed by atoms with Crippen molar-refractivity contribution in [2.45, 2.75) is 13.8 Å². The van der Waals surface area contributed by atoms with Crippen molar-refractivity contribution >= 4 is 5.84 Å². The van der Waals surface area contributed by atoms with E-state index in [1.807, 2.05) is 62.4 Å². The van der Waals surface area contributed by atoms with Crippen LogP contribution in [0.25, 0.3) is 33.6 Å². The van der Waals surface area contributed by atoms with E-state index < -0.39 is 0 Å². The highest BCUT2D eigenvalue weighted by atomic mass is 14.9. The highest BCUT2D eigenvalue weighted by molar-refractivity contribution is 5.98. The van der Waals surface area contributed by atoms with Crippen molar-refractivity contribution < 1.29 is 0 Å². The zero-order valence-electron chi connectivity index (χ0n) is 16.5. The third-order valence-electron chi connectivity index (χ3n) is 4.81. The molecule has 0 aliphatic carbocycles. The molecule has 0 amide bonds. The predicted molar refractivity (Wildman–Crippen MR) is 119 cm³/mol. The number of hydrogen-bond acceptors (Lipinski definition) is 3. The van der Waals surface area contributed by atoms with Gasteiger partial charge >= 0.3 is 0 Å². The molecule has 1 heterocycles. The number of amidine groups is 1. The normalized spacial score (nSPS) is 10.7. The molecule has 142 valence electrons. The molecule has 4 rings (SSSR count). The monoisotopic (exact) mass is 378 g/mol. The first-order chi connectivity index (χ1) is 14.0. The molecule has 4 nitrogen and oxygen atoms in total. The fourth-order valence-electron chi connectivity index (χ4n) is 3.41. The predicted octanol–water partition coefficient (Wildman–Crippen LogP) is 5.38. The summed E-state index contributed by atoms with van der Waals surface area (Å²) in [7, 11) is 0. The van der Waals surface area contributed by atoms with E-state index in [0.29, 0.717) is 5.56 Å². The second-order valence-corrected chi connectivity index (χ2v) is 7.13. The molecular weight excluding hydrogens is 356 g/mol. The summed E-state index contributed by atoms with van der Waals surface area (Å²) in [4.78, 5) is 9.08. The molecule has 0 atom stereocenters. The summed E-state index contributed by atoms with van der Waals surface area (Å²) >= 11 is 0. The lowest BCUT2D eigenvalue weighted by molar-refractivity contribution is 1.06. The molecule has 29 heavy (non-hydrogen) atoms. The molecule has 0 fully saturated rings. The summed E-state index contributed by atoms with van der Waals surface area (Å²) in [6, 6.07) is 26.3. The van der Waals surface area contributed by atoms with Gasteiger partial charge in [0.25, 0.3) is 0 Å². The Morgan fingerprint density at radius 3 is 1.72 bits per heavy atom. The van der Waals surface area contributed by atoms with E-state index in [4.69, 9.17) is 11.1 Å². The Morgan fingerprint density at radius 2 is 1.17 bits per heavy atom. The number of nitrogens with zero attached hydrogens (tertiary/aromatic N) is 2. The number of nitrogens with two attached hydrogens (primary N) is 1. The number of benzene rings is 3. The van der Waals surface area contributed by atoms with Crippen molar-refractivity contribution in [1.82, 2.24) is 9.97 Å². The average molecular weight is 378 g/mol. The molecule has 4 aromatic rings. The summed E-state index contributed by atoms with van der Waals surface area (Å²) in [5, 5.41) is 7.90. The number of rotatable bonds is 4. The van der Waals surface area contributed by atoms with Crippen LogP contribution in [0.2, 0.25) is 0 Å². The Morgan fingerprint density at radius 1 is 0.655 bits per heavy atom. The van der Waals surface area contributed by atoms with Gasteiger partial charge in [0.2, 0.25) is 0 Å². The molecule has 0 radical (unpaired) electrons. The zero-order valence-corrected chi connectivity index (χ0v) is 16.5. The Hall–Kier alpha value is -3.79. The van der Waals surface area contributed by atoms with Gasteiger partial charge in [-0.1, -0.05) is 54.6 Å². The minimum Gasteiger partial charge on any atom is -0.384 e. The van der Waals surface area contributed by atoms with Crippen molar-refractivity contribution in [3.05, 3.63) is 95.8 Å². The minimum atomic E-state index is 0.0595. The first kappa shape index (κ1) is 18.6. The van der Waals surface area contributed by atoms with Crippen LogP contribution in [0.3, 0.4) is 0 Å². The van der Waals surface area contributed by atoms with Gasteiger partial charge in [-0.3, -0.25) is 5.41 Å². The fraction of sp³-hybridized carbons (Fsp3) is 0.0800. The van der Waals surface area contributed by atoms with Gasteiger partial charge in [-0.25, -0.2) is 9.97 Å². The maximum absolute atomic E-state index is 7.90. The lowest BCUT2D eigenvalue weighted by Crippen LogP contribution is -2.11. The summed E-state index contributed by atoms with van der Waals surface area (Å²) in [5.74, 6) is 0.792. The number of aromatic nitrogens is 2. The molecule has 0 aliphatic rings. The summed E-state index contributed by atoms with van der Waals surface area (Å²) in [6.07, 6.45) is 0. The Balaban J connectivity index is 1.76. The quantitative estimate of drug-likeness (QED) is 0.370. The topological polar surface area (TPSA) is 75.7 Å². The standard InChI is InChI=1S/C25H22N4/c1-16-12-17(2)29-25(28-16)20-10-8-19(9-11-20)22-13-21(14-23(15-22)24(26)27)18-6-4-3-5-7-18/h3-15H,1-2H3,(H3,26,27). The SMILES string of the molecule is Cc1cc(C)nc(-c2ccc(-c3cc(C(=N)N)cc(-c4ccccc4)c3)cc2)n1. The second kappa shape index (κ2) is 7.68. The lowest BCUT2D eigenvalue weighted by Gasteiger charge is -2.11. The van der Waals surface area contributed by atoms with E-state index in [-0.39, 0.29) is 5.84 Å².